The predicted octanol–water partition coefficient (Wildman–Crippen LogP) is 2.85. The van der Waals surface area contributed by atoms with E-state index in [2.05, 4.69) is 4.74 Å². The maximum absolute atomic E-state index is 12.8. The van der Waals surface area contributed by atoms with Gasteiger partial charge in [0.25, 0.3) is 0 Å². The van der Waals surface area contributed by atoms with Crippen LogP contribution in [-0.2, 0) is 17.1 Å². The molecule has 1 unspecified atom stereocenters. The molecule has 0 amide bonds. The van der Waals surface area contributed by atoms with Crippen molar-refractivity contribution in [1.29, 1.82) is 0 Å². The second kappa shape index (κ2) is 5.43. The van der Waals surface area contributed by atoms with Gasteiger partial charge >= 0.3 is 18.3 Å². The first-order valence-electron chi connectivity index (χ1n) is 5.17. The third-order valence-corrected chi connectivity index (χ3v) is 2.52. The van der Waals surface area contributed by atoms with Crippen LogP contribution in [0.2, 0.25) is 0 Å². The SMILES string of the molecule is COc1c(C(F)(F)F)ccc(C(F)(F)F)c1C(O)C(=O)O. The van der Waals surface area contributed by atoms with Crippen molar-refractivity contribution in [3.05, 3.63) is 28.8 Å². The fourth-order valence-electron chi connectivity index (χ4n) is 1.68. The molecule has 0 radical (unpaired) electrons. The minimum atomic E-state index is -5.16. The Morgan fingerprint density at radius 3 is 1.86 bits per heavy atom. The summed E-state index contributed by atoms with van der Waals surface area (Å²) in [5, 5.41) is 17.9. The highest BCUT2D eigenvalue weighted by Gasteiger charge is 2.43. The fourth-order valence-corrected chi connectivity index (χ4v) is 1.68. The highest BCUT2D eigenvalue weighted by molar-refractivity contribution is 5.76. The number of carboxylic acids is 1. The average molecular weight is 318 g/mol. The molecule has 4 nitrogen and oxygen atoms in total. The molecule has 0 aliphatic heterocycles. The van der Waals surface area contributed by atoms with E-state index < -0.39 is 46.9 Å². The summed E-state index contributed by atoms with van der Waals surface area (Å²) in [7, 11) is 0.642. The lowest BCUT2D eigenvalue weighted by molar-refractivity contribution is -0.151. The van der Waals surface area contributed by atoms with Gasteiger partial charge in [-0.05, 0) is 12.1 Å². The number of carbonyl (C=O) groups is 1. The summed E-state index contributed by atoms with van der Waals surface area (Å²) >= 11 is 0. The topological polar surface area (TPSA) is 66.8 Å². The molecule has 118 valence electrons. The van der Waals surface area contributed by atoms with Gasteiger partial charge < -0.3 is 14.9 Å². The Balaban J connectivity index is 3.77. The van der Waals surface area contributed by atoms with Gasteiger partial charge in [-0.3, -0.25) is 0 Å². The van der Waals surface area contributed by atoms with Crippen molar-refractivity contribution < 1.29 is 46.1 Å². The lowest BCUT2D eigenvalue weighted by Crippen LogP contribution is -2.21. The minimum absolute atomic E-state index is 0.0484. The zero-order valence-corrected chi connectivity index (χ0v) is 10.2. The van der Waals surface area contributed by atoms with Gasteiger partial charge in [-0.2, -0.15) is 26.3 Å². The van der Waals surface area contributed by atoms with Crippen LogP contribution in [0.1, 0.15) is 22.8 Å². The maximum atomic E-state index is 12.8. The number of rotatable bonds is 3. The number of carboxylic acid groups (broad SMARTS) is 1. The van der Waals surface area contributed by atoms with Crippen molar-refractivity contribution in [2.45, 2.75) is 18.5 Å². The molecule has 0 aliphatic carbocycles. The molecule has 0 aromatic heterocycles. The van der Waals surface area contributed by atoms with E-state index in [1.165, 1.54) is 0 Å². The van der Waals surface area contributed by atoms with E-state index in [4.69, 9.17) is 5.11 Å². The van der Waals surface area contributed by atoms with Gasteiger partial charge in [0, 0.05) is 5.56 Å². The first kappa shape index (κ1) is 17.1. The fraction of sp³-hybridized carbons (Fsp3) is 0.364. The van der Waals surface area contributed by atoms with E-state index in [9.17, 15) is 36.2 Å². The van der Waals surface area contributed by atoms with Crippen molar-refractivity contribution in [1.82, 2.24) is 0 Å². The molecule has 0 bridgehead atoms. The number of benzene rings is 1. The number of methoxy groups -OCH3 is 1. The normalized spacial score (nSPS) is 13.9. The molecule has 1 atom stereocenters. The van der Waals surface area contributed by atoms with Crippen LogP contribution < -0.4 is 4.74 Å². The number of ether oxygens (including phenoxy) is 1. The van der Waals surface area contributed by atoms with Crippen LogP contribution in [0, 0.1) is 0 Å². The van der Waals surface area contributed by atoms with E-state index in [1.54, 1.807) is 0 Å². The Hall–Kier alpha value is -1.97. The highest BCUT2D eigenvalue weighted by Crippen LogP contribution is 2.45. The van der Waals surface area contributed by atoms with Gasteiger partial charge in [0.15, 0.2) is 6.10 Å². The third kappa shape index (κ3) is 3.38. The zero-order chi connectivity index (χ0) is 16.6. The Morgan fingerprint density at radius 2 is 1.52 bits per heavy atom. The van der Waals surface area contributed by atoms with Gasteiger partial charge in [-0.1, -0.05) is 0 Å². The molecule has 1 aromatic carbocycles. The summed E-state index contributed by atoms with van der Waals surface area (Å²) in [6.07, 6.45) is -13.1. The van der Waals surface area contributed by atoms with Gasteiger partial charge in [0.2, 0.25) is 0 Å². The molecular weight excluding hydrogens is 310 g/mol. The number of hydrogen-bond donors (Lipinski definition) is 2. The average Bonchev–Trinajstić information content (AvgIpc) is 2.33. The molecule has 0 heterocycles. The molecule has 1 aromatic rings. The summed E-state index contributed by atoms with van der Waals surface area (Å²) < 4.78 is 80.7. The molecule has 0 fully saturated rings. The predicted molar refractivity (Wildman–Crippen MR) is 55.6 cm³/mol. The molecule has 10 heteroatoms. The van der Waals surface area contributed by atoms with Gasteiger partial charge in [-0.25, -0.2) is 4.79 Å². The van der Waals surface area contributed by atoms with Crippen LogP contribution in [0.4, 0.5) is 26.3 Å². The van der Waals surface area contributed by atoms with E-state index in [-0.39, 0.29) is 12.1 Å². The quantitative estimate of drug-likeness (QED) is 0.841. The van der Waals surface area contributed by atoms with Crippen molar-refractivity contribution in [3.8, 4) is 5.75 Å². The maximum Gasteiger partial charge on any atom is 0.419 e. The summed E-state index contributed by atoms with van der Waals surface area (Å²) in [5.41, 5.74) is -4.83. The number of aliphatic hydroxyl groups excluding tert-OH is 1. The van der Waals surface area contributed by atoms with Crippen LogP contribution in [0.3, 0.4) is 0 Å². The van der Waals surface area contributed by atoms with E-state index in [1.807, 2.05) is 0 Å². The molecule has 1 rings (SSSR count). The third-order valence-electron chi connectivity index (χ3n) is 2.52. The molecular formula is C11H8F6O4. The van der Waals surface area contributed by atoms with Crippen LogP contribution in [0.15, 0.2) is 12.1 Å². The highest BCUT2D eigenvalue weighted by atomic mass is 19.4. The smallest absolute Gasteiger partial charge is 0.419 e. The van der Waals surface area contributed by atoms with E-state index in [0.717, 1.165) is 0 Å². The lowest BCUT2D eigenvalue weighted by atomic mass is 9.96. The first-order chi connectivity index (χ1) is 9.41. The summed E-state index contributed by atoms with van der Waals surface area (Å²) in [4.78, 5) is 10.7. The second-order valence-electron chi connectivity index (χ2n) is 3.84. The molecule has 21 heavy (non-hydrogen) atoms. The van der Waals surface area contributed by atoms with Gasteiger partial charge in [-0.15, -0.1) is 0 Å². The monoisotopic (exact) mass is 318 g/mol. The minimum Gasteiger partial charge on any atom is -0.496 e. The zero-order valence-electron chi connectivity index (χ0n) is 10.2. The van der Waals surface area contributed by atoms with Crippen molar-refractivity contribution in [2.24, 2.45) is 0 Å². The summed E-state index contributed by atoms with van der Waals surface area (Å²) in [5.74, 6) is -3.52. The number of halogens is 6. The Morgan fingerprint density at radius 1 is 1.10 bits per heavy atom. The first-order valence-corrected chi connectivity index (χ1v) is 5.17. The largest absolute Gasteiger partial charge is 0.496 e. The van der Waals surface area contributed by atoms with Gasteiger partial charge in [0.1, 0.15) is 5.75 Å². The van der Waals surface area contributed by atoms with Crippen molar-refractivity contribution in [2.75, 3.05) is 7.11 Å². The molecule has 2 N–H and O–H groups in total. The van der Waals surface area contributed by atoms with E-state index in [0.29, 0.717) is 7.11 Å². The molecule has 0 saturated heterocycles. The number of alkyl halides is 6. The van der Waals surface area contributed by atoms with E-state index >= 15 is 0 Å². The molecule has 0 spiro atoms. The Kier molecular flexibility index (Phi) is 4.42. The van der Waals surface area contributed by atoms with Crippen LogP contribution in [0.5, 0.6) is 5.75 Å². The second-order valence-corrected chi connectivity index (χ2v) is 3.84. The van der Waals surface area contributed by atoms with Crippen molar-refractivity contribution in [3.63, 3.8) is 0 Å². The molecule has 0 aliphatic rings. The summed E-state index contributed by atoms with van der Waals surface area (Å²) in [6, 6.07) is 0.159. The van der Waals surface area contributed by atoms with Gasteiger partial charge in [0.05, 0.1) is 18.2 Å². The number of hydrogen-bond acceptors (Lipinski definition) is 3. The van der Waals surface area contributed by atoms with Crippen molar-refractivity contribution >= 4 is 5.97 Å². The lowest BCUT2D eigenvalue weighted by Gasteiger charge is -2.21. The standard InChI is InChI=1S/C11H8F6O4/c1-21-8-5(11(15,16)17)3-2-4(10(12,13)14)6(8)7(18)9(19)20/h2-3,7,18H,1H3,(H,19,20). The summed E-state index contributed by atoms with van der Waals surface area (Å²) in [6.45, 7) is 0. The van der Waals surface area contributed by atoms with Crippen LogP contribution in [-0.4, -0.2) is 23.3 Å². The van der Waals surface area contributed by atoms with Crippen LogP contribution >= 0.6 is 0 Å². The van der Waals surface area contributed by atoms with Crippen LogP contribution in [0.25, 0.3) is 0 Å². The number of aliphatic carboxylic acids is 1. The Labute approximate surface area is 113 Å². The molecule has 0 saturated carbocycles. The number of aliphatic hydroxyl groups is 1. The Bertz CT molecular complexity index is 549.